The molecule has 4 aliphatic rings. The van der Waals surface area contributed by atoms with Crippen molar-refractivity contribution in [3.05, 3.63) is 22.6 Å². The Bertz CT molecular complexity index is 1270. The van der Waals surface area contributed by atoms with Crippen LogP contribution in [0.15, 0.2) is 17.1 Å². The third-order valence-corrected chi connectivity index (χ3v) is 8.35. The van der Waals surface area contributed by atoms with Crippen LogP contribution in [0.4, 0.5) is 11.6 Å². The molecular weight excluding hydrogens is 416 g/mol. The van der Waals surface area contributed by atoms with Crippen molar-refractivity contribution >= 4 is 22.5 Å². The van der Waals surface area contributed by atoms with E-state index in [0.717, 1.165) is 36.7 Å². The van der Waals surface area contributed by atoms with Crippen molar-refractivity contribution in [3.8, 4) is 11.3 Å². The molecule has 9 nitrogen and oxygen atoms in total. The van der Waals surface area contributed by atoms with Crippen molar-refractivity contribution in [2.45, 2.75) is 50.6 Å². The molecule has 5 heterocycles. The number of rotatable bonds is 5. The Kier molecular flexibility index (Phi) is 4.22. The Morgan fingerprint density at radius 2 is 1.91 bits per heavy atom. The van der Waals surface area contributed by atoms with Gasteiger partial charge in [0.15, 0.2) is 5.82 Å². The van der Waals surface area contributed by atoms with Crippen molar-refractivity contribution < 1.29 is 0 Å². The third-order valence-electron chi connectivity index (χ3n) is 8.35. The maximum atomic E-state index is 13.5. The lowest BCUT2D eigenvalue weighted by Crippen LogP contribution is -2.50. The number of aromatic nitrogens is 5. The number of aromatic amines is 1. The molecule has 4 fully saturated rings. The molecule has 2 aliphatic carbocycles. The smallest absolute Gasteiger partial charge is 0.264 e. The van der Waals surface area contributed by atoms with Crippen molar-refractivity contribution in [2.24, 2.45) is 18.9 Å². The summed E-state index contributed by atoms with van der Waals surface area (Å²) in [6.07, 6.45) is 9.46. The van der Waals surface area contributed by atoms with Gasteiger partial charge in [-0.15, -0.1) is 0 Å². The molecular formula is C24H32N8O. The number of fused-ring (bicyclic) bond motifs is 2. The minimum absolute atomic E-state index is 0.0164. The highest BCUT2D eigenvalue weighted by molar-refractivity contribution is 5.97. The normalized spacial score (nSPS) is 23.7. The average molecular weight is 449 g/mol. The molecule has 33 heavy (non-hydrogen) atoms. The number of H-pyrrole nitrogens is 1. The minimum atomic E-state index is -0.0164. The van der Waals surface area contributed by atoms with E-state index in [1.165, 1.54) is 45.1 Å². The molecule has 1 atom stereocenters. The van der Waals surface area contributed by atoms with Gasteiger partial charge < -0.3 is 15.2 Å². The molecule has 7 rings (SSSR count). The molecule has 0 unspecified atom stereocenters. The molecule has 0 aromatic carbocycles. The van der Waals surface area contributed by atoms with Gasteiger partial charge in [-0.3, -0.25) is 19.5 Å². The molecule has 0 amide bonds. The topological polar surface area (TPSA) is 101 Å². The molecule has 3 aromatic heterocycles. The molecule has 2 aliphatic heterocycles. The fraction of sp³-hybridized carbons (Fsp3) is 0.625. The Morgan fingerprint density at radius 3 is 2.67 bits per heavy atom. The standard InChI is InChI=1S/C24H32N8O/c1-29-19(31-10-9-30-8-2-3-16(30)12-31)11-18(28-29)17-13-32(22(14-4-5-14)15-6-7-15)24(33)20-21(17)26-27-23(20)25/h11,13-16,22H,2-10,12H2,1H3,(H3,25,26,27)/t16-/m0/s1. The molecule has 3 N–H and O–H groups in total. The molecule has 174 valence electrons. The van der Waals surface area contributed by atoms with Crippen LogP contribution in [0.2, 0.25) is 0 Å². The number of nitrogens with one attached hydrogen (secondary N) is 1. The van der Waals surface area contributed by atoms with Crippen LogP contribution in [0.25, 0.3) is 22.2 Å². The predicted octanol–water partition coefficient (Wildman–Crippen LogP) is 2.35. The van der Waals surface area contributed by atoms with Gasteiger partial charge in [0.05, 0.1) is 11.2 Å². The predicted molar refractivity (Wildman–Crippen MR) is 128 cm³/mol. The lowest BCUT2D eigenvalue weighted by atomic mass is 10.0. The summed E-state index contributed by atoms with van der Waals surface area (Å²) in [6, 6.07) is 3.10. The minimum Gasteiger partial charge on any atom is -0.382 e. The zero-order chi connectivity index (χ0) is 22.3. The highest BCUT2D eigenvalue weighted by Crippen LogP contribution is 2.52. The van der Waals surface area contributed by atoms with Crippen molar-refractivity contribution in [1.29, 1.82) is 0 Å². The maximum Gasteiger partial charge on any atom is 0.264 e. The SMILES string of the molecule is Cn1nc(-c2cn(C(C3CC3)C3CC3)c(=O)c3c(N)n[nH]c23)cc1N1CCN2CCC[C@H]2C1. The first-order valence-corrected chi connectivity index (χ1v) is 12.5. The van der Waals surface area contributed by atoms with E-state index in [4.69, 9.17) is 10.8 Å². The Balaban J connectivity index is 1.32. The van der Waals surface area contributed by atoms with Gasteiger partial charge in [-0.05, 0) is 56.9 Å². The molecule has 3 aromatic rings. The van der Waals surface area contributed by atoms with Gasteiger partial charge in [0.1, 0.15) is 11.2 Å². The van der Waals surface area contributed by atoms with Crippen LogP contribution in [0.5, 0.6) is 0 Å². The lowest BCUT2D eigenvalue weighted by Gasteiger charge is -2.38. The summed E-state index contributed by atoms with van der Waals surface area (Å²) in [4.78, 5) is 18.6. The number of aryl methyl sites for hydroxylation is 1. The van der Waals surface area contributed by atoms with Crippen molar-refractivity contribution in [2.75, 3.05) is 36.8 Å². The number of hydrogen-bond donors (Lipinski definition) is 2. The second-order valence-electron chi connectivity index (χ2n) is 10.6. The van der Waals surface area contributed by atoms with Crippen LogP contribution in [-0.2, 0) is 7.05 Å². The quantitative estimate of drug-likeness (QED) is 0.621. The highest BCUT2D eigenvalue weighted by Gasteiger charge is 2.43. The fourth-order valence-corrected chi connectivity index (χ4v) is 6.37. The third kappa shape index (κ3) is 3.12. The average Bonchev–Trinajstić information content (AvgIpc) is 3.71. The number of pyridine rings is 1. The van der Waals surface area contributed by atoms with Gasteiger partial charge in [-0.2, -0.15) is 10.2 Å². The number of anilines is 2. The Labute approximate surface area is 192 Å². The van der Waals surface area contributed by atoms with E-state index in [0.29, 0.717) is 28.8 Å². The monoisotopic (exact) mass is 448 g/mol. The van der Waals surface area contributed by atoms with Crippen LogP contribution in [0, 0.1) is 11.8 Å². The molecule has 2 saturated heterocycles. The summed E-state index contributed by atoms with van der Waals surface area (Å²) in [6.45, 7) is 4.42. The van der Waals surface area contributed by atoms with E-state index in [-0.39, 0.29) is 17.4 Å². The lowest BCUT2D eigenvalue weighted by molar-refractivity contribution is 0.229. The van der Waals surface area contributed by atoms with E-state index in [1.54, 1.807) is 0 Å². The van der Waals surface area contributed by atoms with Crippen LogP contribution < -0.4 is 16.2 Å². The summed E-state index contributed by atoms with van der Waals surface area (Å²) >= 11 is 0. The van der Waals surface area contributed by atoms with Gasteiger partial charge in [0, 0.05) is 56.6 Å². The first-order chi connectivity index (χ1) is 16.1. The molecule has 2 saturated carbocycles. The second-order valence-corrected chi connectivity index (χ2v) is 10.6. The zero-order valence-corrected chi connectivity index (χ0v) is 19.2. The van der Waals surface area contributed by atoms with E-state index in [1.807, 2.05) is 22.5 Å². The van der Waals surface area contributed by atoms with E-state index in [9.17, 15) is 4.79 Å². The zero-order valence-electron chi connectivity index (χ0n) is 19.2. The van der Waals surface area contributed by atoms with Gasteiger partial charge in [-0.25, -0.2) is 0 Å². The van der Waals surface area contributed by atoms with Gasteiger partial charge >= 0.3 is 0 Å². The first-order valence-electron chi connectivity index (χ1n) is 12.5. The van der Waals surface area contributed by atoms with Crippen LogP contribution in [0.3, 0.4) is 0 Å². The summed E-state index contributed by atoms with van der Waals surface area (Å²) in [5.41, 5.74) is 8.65. The van der Waals surface area contributed by atoms with Crippen LogP contribution in [-0.4, -0.2) is 61.7 Å². The summed E-state index contributed by atoms with van der Waals surface area (Å²) in [5, 5.41) is 12.7. The number of nitrogens with zero attached hydrogens (tertiary/aromatic N) is 6. The molecule has 0 spiro atoms. The van der Waals surface area contributed by atoms with Gasteiger partial charge in [0.2, 0.25) is 0 Å². The van der Waals surface area contributed by atoms with Crippen LogP contribution in [0.1, 0.15) is 44.6 Å². The van der Waals surface area contributed by atoms with E-state index < -0.39 is 0 Å². The molecule has 9 heteroatoms. The number of nitrogens with two attached hydrogens (primary N) is 1. The molecule has 0 bridgehead atoms. The summed E-state index contributed by atoms with van der Waals surface area (Å²) in [5.74, 6) is 2.63. The Morgan fingerprint density at radius 1 is 1.12 bits per heavy atom. The van der Waals surface area contributed by atoms with Gasteiger partial charge in [-0.1, -0.05) is 0 Å². The van der Waals surface area contributed by atoms with Crippen molar-refractivity contribution in [1.82, 2.24) is 29.4 Å². The number of piperazine rings is 1. The molecule has 0 radical (unpaired) electrons. The number of hydrogen-bond acceptors (Lipinski definition) is 6. The number of nitrogen functional groups attached to an aromatic ring is 1. The highest BCUT2D eigenvalue weighted by atomic mass is 16.1. The fourth-order valence-electron chi connectivity index (χ4n) is 6.37. The van der Waals surface area contributed by atoms with Crippen molar-refractivity contribution in [3.63, 3.8) is 0 Å². The second kappa shape index (κ2) is 7.09. The van der Waals surface area contributed by atoms with Crippen LogP contribution >= 0.6 is 0 Å². The van der Waals surface area contributed by atoms with E-state index in [2.05, 4.69) is 26.1 Å². The maximum absolute atomic E-state index is 13.5. The largest absolute Gasteiger partial charge is 0.382 e. The van der Waals surface area contributed by atoms with Gasteiger partial charge in [0.25, 0.3) is 5.56 Å². The first kappa shape index (κ1) is 19.6. The summed E-state index contributed by atoms with van der Waals surface area (Å²) < 4.78 is 3.96. The Hall–Kier alpha value is -2.81. The van der Waals surface area contributed by atoms with E-state index >= 15 is 0 Å². The summed E-state index contributed by atoms with van der Waals surface area (Å²) in [7, 11) is 2.02.